The highest BCUT2D eigenvalue weighted by molar-refractivity contribution is 14.0. The number of aliphatic imine (C=N–C) groups is 1. The molecule has 0 aliphatic rings. The first-order valence-electron chi connectivity index (χ1n) is 7.88. The Labute approximate surface area is 163 Å². The van der Waals surface area contributed by atoms with E-state index in [0.717, 1.165) is 29.9 Å². The number of guanidine groups is 1. The average molecular weight is 461 g/mol. The molecular formula is C16H24IN5O3. The summed E-state index contributed by atoms with van der Waals surface area (Å²) < 4.78 is 10.7. The zero-order valence-corrected chi connectivity index (χ0v) is 16.9. The summed E-state index contributed by atoms with van der Waals surface area (Å²) in [6.07, 6.45) is 1.60. The van der Waals surface area contributed by atoms with Crippen LogP contribution in [0.15, 0.2) is 26.1 Å². The highest BCUT2D eigenvalue weighted by atomic mass is 127. The Morgan fingerprint density at radius 3 is 2.52 bits per heavy atom. The number of aryl methyl sites for hydroxylation is 2. The molecule has 138 valence electrons. The minimum Gasteiger partial charge on any atom is -0.454 e. The SMILES string of the molecule is CCc1noc(CC)c1CNC(=NC)NCc1ccc(C(N)=O)o1.I. The topological polar surface area (TPSA) is 119 Å². The van der Waals surface area contributed by atoms with E-state index in [-0.39, 0.29) is 29.7 Å². The van der Waals surface area contributed by atoms with E-state index >= 15 is 0 Å². The number of nitrogens with two attached hydrogens (primary N) is 1. The van der Waals surface area contributed by atoms with Gasteiger partial charge in [0.2, 0.25) is 0 Å². The quantitative estimate of drug-likeness (QED) is 0.330. The fourth-order valence-corrected chi connectivity index (χ4v) is 2.31. The molecular weight excluding hydrogens is 437 g/mol. The maximum atomic E-state index is 11.0. The molecule has 2 heterocycles. The molecule has 2 aromatic rings. The van der Waals surface area contributed by atoms with Crippen molar-refractivity contribution in [3.05, 3.63) is 40.7 Å². The van der Waals surface area contributed by atoms with Crippen LogP contribution in [0.2, 0.25) is 0 Å². The van der Waals surface area contributed by atoms with Crippen LogP contribution in [0, 0.1) is 0 Å². The van der Waals surface area contributed by atoms with Gasteiger partial charge in [0.15, 0.2) is 11.7 Å². The lowest BCUT2D eigenvalue weighted by molar-refractivity contribution is 0.0972. The second kappa shape index (κ2) is 10.1. The summed E-state index contributed by atoms with van der Waals surface area (Å²) in [7, 11) is 1.68. The van der Waals surface area contributed by atoms with Crippen LogP contribution in [0.1, 0.15) is 47.2 Å². The van der Waals surface area contributed by atoms with Crippen LogP contribution in [-0.2, 0) is 25.9 Å². The number of hydrogen-bond acceptors (Lipinski definition) is 5. The van der Waals surface area contributed by atoms with E-state index in [2.05, 4.69) is 20.8 Å². The molecule has 9 heteroatoms. The minimum absolute atomic E-state index is 0. The smallest absolute Gasteiger partial charge is 0.284 e. The number of carbonyl (C=O) groups excluding carboxylic acids is 1. The van der Waals surface area contributed by atoms with Crippen molar-refractivity contribution in [2.75, 3.05) is 7.05 Å². The van der Waals surface area contributed by atoms with E-state index in [4.69, 9.17) is 14.7 Å². The normalized spacial score (nSPS) is 11.1. The Morgan fingerprint density at radius 1 is 1.24 bits per heavy atom. The average Bonchev–Trinajstić information content (AvgIpc) is 3.21. The van der Waals surface area contributed by atoms with E-state index < -0.39 is 5.91 Å². The van der Waals surface area contributed by atoms with Crippen LogP contribution in [0.5, 0.6) is 0 Å². The summed E-state index contributed by atoms with van der Waals surface area (Å²) in [6, 6.07) is 3.25. The van der Waals surface area contributed by atoms with Gasteiger partial charge in [-0.25, -0.2) is 0 Å². The second-order valence-electron chi connectivity index (χ2n) is 5.15. The van der Waals surface area contributed by atoms with Crippen molar-refractivity contribution in [2.24, 2.45) is 10.7 Å². The first-order valence-corrected chi connectivity index (χ1v) is 7.88. The Balaban J connectivity index is 0.00000312. The van der Waals surface area contributed by atoms with Gasteiger partial charge in [-0.3, -0.25) is 9.79 Å². The minimum atomic E-state index is -0.588. The first kappa shape index (κ1) is 21.0. The van der Waals surface area contributed by atoms with Crippen molar-refractivity contribution in [1.29, 1.82) is 0 Å². The zero-order chi connectivity index (χ0) is 17.5. The number of primary amides is 1. The highest BCUT2D eigenvalue weighted by Crippen LogP contribution is 2.15. The van der Waals surface area contributed by atoms with Gasteiger partial charge in [0.25, 0.3) is 5.91 Å². The van der Waals surface area contributed by atoms with Gasteiger partial charge in [-0.15, -0.1) is 24.0 Å². The third kappa shape index (κ3) is 5.48. The summed E-state index contributed by atoms with van der Waals surface area (Å²) in [6.45, 7) is 5.03. The largest absolute Gasteiger partial charge is 0.454 e. The molecule has 0 atom stereocenters. The summed E-state index contributed by atoms with van der Waals surface area (Å²) in [5.41, 5.74) is 7.18. The molecule has 2 aromatic heterocycles. The number of halogens is 1. The molecule has 8 nitrogen and oxygen atoms in total. The van der Waals surface area contributed by atoms with Gasteiger partial charge in [0, 0.05) is 25.6 Å². The van der Waals surface area contributed by atoms with Gasteiger partial charge in [0.1, 0.15) is 11.5 Å². The number of aromatic nitrogens is 1. The van der Waals surface area contributed by atoms with E-state index in [1.54, 1.807) is 19.2 Å². The van der Waals surface area contributed by atoms with Crippen molar-refractivity contribution < 1.29 is 13.7 Å². The van der Waals surface area contributed by atoms with Crippen molar-refractivity contribution in [1.82, 2.24) is 15.8 Å². The monoisotopic (exact) mass is 461 g/mol. The maximum absolute atomic E-state index is 11.0. The van der Waals surface area contributed by atoms with Crippen LogP contribution < -0.4 is 16.4 Å². The van der Waals surface area contributed by atoms with Crippen LogP contribution in [0.4, 0.5) is 0 Å². The molecule has 0 radical (unpaired) electrons. The molecule has 0 fully saturated rings. The van der Waals surface area contributed by atoms with Crippen molar-refractivity contribution in [2.45, 2.75) is 39.8 Å². The Morgan fingerprint density at radius 2 is 1.96 bits per heavy atom. The summed E-state index contributed by atoms with van der Waals surface area (Å²) in [4.78, 5) is 15.2. The predicted molar refractivity (Wildman–Crippen MR) is 105 cm³/mol. The third-order valence-corrected chi connectivity index (χ3v) is 3.60. The predicted octanol–water partition coefficient (Wildman–Crippen LogP) is 1.97. The number of carbonyl (C=O) groups is 1. The fourth-order valence-electron chi connectivity index (χ4n) is 2.31. The maximum Gasteiger partial charge on any atom is 0.284 e. The molecule has 0 saturated carbocycles. The summed E-state index contributed by atoms with van der Waals surface area (Å²) in [5.74, 6) is 1.64. The molecule has 0 unspecified atom stereocenters. The van der Waals surface area contributed by atoms with Crippen molar-refractivity contribution in [3.8, 4) is 0 Å². The first-order chi connectivity index (χ1) is 11.6. The number of nitrogens with zero attached hydrogens (tertiary/aromatic N) is 2. The zero-order valence-electron chi connectivity index (χ0n) is 14.6. The molecule has 4 N–H and O–H groups in total. The molecule has 0 aliphatic heterocycles. The lowest BCUT2D eigenvalue weighted by Crippen LogP contribution is -2.36. The van der Waals surface area contributed by atoms with E-state index in [1.165, 1.54) is 0 Å². The lowest BCUT2D eigenvalue weighted by atomic mass is 10.1. The Bertz CT molecular complexity index is 702. The second-order valence-corrected chi connectivity index (χ2v) is 5.15. The number of hydrogen-bond donors (Lipinski definition) is 3. The van der Waals surface area contributed by atoms with E-state index in [9.17, 15) is 4.79 Å². The van der Waals surface area contributed by atoms with Crippen LogP contribution in [0.3, 0.4) is 0 Å². The molecule has 1 amide bonds. The number of nitrogens with one attached hydrogen (secondary N) is 2. The molecule has 0 saturated heterocycles. The summed E-state index contributed by atoms with van der Waals surface area (Å²) >= 11 is 0. The molecule has 0 bridgehead atoms. The van der Waals surface area contributed by atoms with Crippen LogP contribution in [0.25, 0.3) is 0 Å². The van der Waals surface area contributed by atoms with Gasteiger partial charge in [0.05, 0.1) is 12.2 Å². The van der Waals surface area contributed by atoms with Crippen molar-refractivity contribution >= 4 is 35.8 Å². The Hall–Kier alpha value is -2.04. The Kier molecular flexibility index (Phi) is 8.46. The van der Waals surface area contributed by atoms with Gasteiger partial charge >= 0.3 is 0 Å². The van der Waals surface area contributed by atoms with Gasteiger partial charge in [-0.2, -0.15) is 0 Å². The molecule has 0 aliphatic carbocycles. The molecule has 2 rings (SSSR count). The number of furan rings is 1. The van der Waals surface area contributed by atoms with E-state index in [1.807, 2.05) is 13.8 Å². The fraction of sp³-hybridized carbons (Fsp3) is 0.438. The van der Waals surface area contributed by atoms with Crippen LogP contribution in [-0.4, -0.2) is 24.1 Å². The molecule has 25 heavy (non-hydrogen) atoms. The standard InChI is InChI=1S/C16H23N5O3.HI/c1-4-12-11(13(5-2)24-21-12)9-20-16(18-3)19-8-10-6-7-14(23-10)15(17)22;/h6-7H,4-5,8-9H2,1-3H3,(H2,17,22)(H2,18,19,20);1H. The van der Waals surface area contributed by atoms with Gasteiger partial charge < -0.3 is 25.3 Å². The summed E-state index contributed by atoms with van der Waals surface area (Å²) in [5, 5.41) is 10.4. The number of rotatable bonds is 7. The third-order valence-electron chi connectivity index (χ3n) is 3.60. The number of amides is 1. The molecule has 0 aromatic carbocycles. The van der Waals surface area contributed by atoms with Crippen molar-refractivity contribution in [3.63, 3.8) is 0 Å². The highest BCUT2D eigenvalue weighted by Gasteiger charge is 2.14. The van der Waals surface area contributed by atoms with E-state index in [0.29, 0.717) is 24.8 Å². The lowest BCUT2D eigenvalue weighted by Gasteiger charge is -2.11. The van der Waals surface area contributed by atoms with Crippen LogP contribution >= 0.6 is 24.0 Å². The van der Waals surface area contributed by atoms with Gasteiger partial charge in [-0.05, 0) is 18.6 Å². The molecule has 0 spiro atoms. The van der Waals surface area contributed by atoms with Gasteiger partial charge in [-0.1, -0.05) is 19.0 Å².